The van der Waals surface area contributed by atoms with Crippen molar-refractivity contribution < 1.29 is 4.42 Å². The Morgan fingerprint density at radius 2 is 0.959 bits per heavy atom. The summed E-state index contributed by atoms with van der Waals surface area (Å²) in [6, 6.07) is 57.6. The Morgan fingerprint density at radius 3 is 1.67 bits per heavy atom. The predicted molar refractivity (Wildman–Crippen MR) is 203 cm³/mol. The number of furan rings is 1. The summed E-state index contributed by atoms with van der Waals surface area (Å²) in [4.78, 5) is 2.43. The summed E-state index contributed by atoms with van der Waals surface area (Å²) in [6.07, 6.45) is 0. The van der Waals surface area contributed by atoms with Crippen LogP contribution in [-0.2, 0) is 10.8 Å². The van der Waals surface area contributed by atoms with Crippen LogP contribution in [0.1, 0.15) is 48.6 Å². The van der Waals surface area contributed by atoms with Gasteiger partial charge in [-0.3, -0.25) is 0 Å². The highest BCUT2D eigenvalue weighted by Gasteiger charge is 2.43. The van der Waals surface area contributed by atoms with Crippen LogP contribution in [-0.4, -0.2) is 0 Å². The molecule has 0 saturated heterocycles. The van der Waals surface area contributed by atoms with Gasteiger partial charge in [0.05, 0.1) is 0 Å². The highest BCUT2D eigenvalue weighted by Crippen LogP contribution is 2.56. The van der Waals surface area contributed by atoms with E-state index in [-0.39, 0.29) is 5.41 Å². The van der Waals surface area contributed by atoms with Crippen LogP contribution in [0.2, 0.25) is 0 Å². The fourth-order valence-corrected chi connectivity index (χ4v) is 8.91. The minimum atomic E-state index is -0.431. The smallest absolute Gasteiger partial charge is 0.140 e. The molecule has 0 bridgehead atoms. The number of hydrogen-bond acceptors (Lipinski definition) is 2. The molecule has 1 aromatic heterocycles. The van der Waals surface area contributed by atoms with E-state index in [2.05, 4.69) is 183 Å². The van der Waals surface area contributed by atoms with Gasteiger partial charge in [0, 0.05) is 44.2 Å². The maximum atomic E-state index is 6.84. The Kier molecular flexibility index (Phi) is 5.79. The quantitative estimate of drug-likeness (QED) is 0.193. The van der Waals surface area contributed by atoms with Crippen LogP contribution < -0.4 is 4.90 Å². The highest BCUT2D eigenvalue weighted by molar-refractivity contribution is 6.09. The number of hydrogen-bond donors (Lipinski definition) is 0. The van der Waals surface area contributed by atoms with Gasteiger partial charge in [-0.2, -0.15) is 0 Å². The van der Waals surface area contributed by atoms with Gasteiger partial charge >= 0.3 is 0 Å². The molecule has 49 heavy (non-hydrogen) atoms. The third-order valence-electron chi connectivity index (χ3n) is 11.3. The van der Waals surface area contributed by atoms with Crippen LogP contribution in [0, 0.1) is 0 Å². The van der Waals surface area contributed by atoms with Crippen molar-refractivity contribution in [2.75, 3.05) is 4.90 Å². The molecule has 2 aliphatic rings. The first-order valence-electron chi connectivity index (χ1n) is 17.2. The molecule has 0 fully saturated rings. The van der Waals surface area contributed by atoms with Gasteiger partial charge in [-0.1, -0.05) is 129 Å². The van der Waals surface area contributed by atoms with E-state index in [1.54, 1.807) is 0 Å². The Balaban J connectivity index is 1.28. The molecule has 0 atom stereocenters. The Bertz CT molecular complexity index is 2560. The lowest BCUT2D eigenvalue weighted by atomic mass is 9.73. The molecule has 10 rings (SSSR count). The highest BCUT2D eigenvalue weighted by atomic mass is 16.3. The van der Waals surface area contributed by atoms with Gasteiger partial charge in [-0.25, -0.2) is 0 Å². The zero-order valence-corrected chi connectivity index (χ0v) is 27.9. The minimum absolute atomic E-state index is 0.106. The standard InChI is InChI=1S/C47H35NO/c1-46(2)39-21-11-7-17-33(39)36-26-25-31(28-42(36)46)48(30-15-5-4-6-16-30)32-27-38-37-20-10-14-24-44(37)49-45(38)43(29-32)47(3)40-22-12-8-18-34(40)35-19-9-13-23-41(35)47/h4-29H,1-3H3. The molecule has 2 nitrogen and oxygen atoms in total. The number of para-hydroxylation sites is 2. The number of benzene rings is 7. The normalized spacial score (nSPS) is 14.8. The van der Waals surface area contributed by atoms with Crippen LogP contribution in [0.3, 0.4) is 0 Å². The predicted octanol–water partition coefficient (Wildman–Crippen LogP) is 12.7. The molecule has 0 N–H and O–H groups in total. The molecule has 234 valence electrons. The van der Waals surface area contributed by atoms with Crippen molar-refractivity contribution in [2.45, 2.75) is 31.6 Å². The van der Waals surface area contributed by atoms with E-state index in [0.29, 0.717) is 0 Å². The van der Waals surface area contributed by atoms with Crippen LogP contribution in [0.5, 0.6) is 0 Å². The third kappa shape index (κ3) is 3.83. The molecule has 2 heteroatoms. The molecular formula is C47H35NO. The van der Waals surface area contributed by atoms with Crippen molar-refractivity contribution in [1.82, 2.24) is 0 Å². The van der Waals surface area contributed by atoms with Crippen molar-refractivity contribution in [1.29, 1.82) is 0 Å². The van der Waals surface area contributed by atoms with E-state index in [9.17, 15) is 0 Å². The Labute approximate surface area is 286 Å². The maximum Gasteiger partial charge on any atom is 0.140 e. The molecule has 1 heterocycles. The first kappa shape index (κ1) is 28.2. The zero-order chi connectivity index (χ0) is 32.9. The summed E-state index contributed by atoms with van der Waals surface area (Å²) in [7, 11) is 0. The van der Waals surface area contributed by atoms with Gasteiger partial charge in [-0.15, -0.1) is 0 Å². The maximum absolute atomic E-state index is 6.84. The Hall–Kier alpha value is -5.86. The topological polar surface area (TPSA) is 16.4 Å². The second-order valence-corrected chi connectivity index (χ2v) is 14.3. The second kappa shape index (κ2) is 10.1. The molecule has 0 radical (unpaired) electrons. The molecule has 7 aromatic carbocycles. The van der Waals surface area contributed by atoms with Crippen molar-refractivity contribution in [2.24, 2.45) is 0 Å². The first-order chi connectivity index (χ1) is 23.9. The monoisotopic (exact) mass is 629 g/mol. The molecule has 8 aromatic rings. The van der Waals surface area contributed by atoms with Gasteiger partial charge in [0.1, 0.15) is 11.2 Å². The first-order valence-corrected chi connectivity index (χ1v) is 17.2. The molecule has 0 unspecified atom stereocenters. The van der Waals surface area contributed by atoms with E-state index in [0.717, 1.165) is 39.0 Å². The lowest BCUT2D eigenvalue weighted by molar-refractivity contribution is 0.638. The number of rotatable bonds is 4. The molecule has 2 aliphatic carbocycles. The summed E-state index contributed by atoms with van der Waals surface area (Å²) in [5, 5.41) is 2.25. The van der Waals surface area contributed by atoms with E-state index < -0.39 is 5.41 Å². The summed E-state index contributed by atoms with van der Waals surface area (Å²) in [6.45, 7) is 7.09. The van der Waals surface area contributed by atoms with Gasteiger partial charge in [-0.05, 0) is 93.9 Å². The number of anilines is 3. The SMILES string of the molecule is CC1(C)c2ccccc2-c2ccc(N(c3ccccc3)c3cc(C4(C)c5ccccc5-c5ccccc54)c4oc5ccccc5c4c3)cc21. The summed E-state index contributed by atoms with van der Waals surface area (Å²) < 4.78 is 6.84. The van der Waals surface area contributed by atoms with Crippen molar-refractivity contribution >= 4 is 39.0 Å². The van der Waals surface area contributed by atoms with Gasteiger partial charge < -0.3 is 9.32 Å². The van der Waals surface area contributed by atoms with E-state index >= 15 is 0 Å². The van der Waals surface area contributed by atoms with Crippen LogP contribution in [0.4, 0.5) is 17.1 Å². The summed E-state index contributed by atoms with van der Waals surface area (Å²) in [5.41, 5.74) is 16.4. The van der Waals surface area contributed by atoms with Crippen LogP contribution >= 0.6 is 0 Å². The van der Waals surface area contributed by atoms with E-state index in [4.69, 9.17) is 4.42 Å². The largest absolute Gasteiger partial charge is 0.456 e. The molecule has 0 aliphatic heterocycles. The fourth-order valence-electron chi connectivity index (χ4n) is 8.91. The molecule has 0 saturated carbocycles. The van der Waals surface area contributed by atoms with Crippen molar-refractivity contribution in [3.63, 3.8) is 0 Å². The molecular weight excluding hydrogens is 595 g/mol. The van der Waals surface area contributed by atoms with Crippen LogP contribution in [0.15, 0.2) is 162 Å². The van der Waals surface area contributed by atoms with Crippen LogP contribution in [0.25, 0.3) is 44.2 Å². The van der Waals surface area contributed by atoms with Gasteiger partial charge in [0.25, 0.3) is 0 Å². The van der Waals surface area contributed by atoms with E-state index in [1.807, 2.05) is 0 Å². The average Bonchev–Trinajstić information content (AvgIpc) is 3.73. The minimum Gasteiger partial charge on any atom is -0.456 e. The lowest BCUT2D eigenvalue weighted by Crippen LogP contribution is -2.23. The van der Waals surface area contributed by atoms with Crippen molar-refractivity contribution in [3.05, 3.63) is 186 Å². The fraction of sp³-hybridized carbons (Fsp3) is 0.106. The number of nitrogens with zero attached hydrogens (tertiary/aromatic N) is 1. The molecule has 0 spiro atoms. The second-order valence-electron chi connectivity index (χ2n) is 14.3. The number of fused-ring (bicyclic) bond motifs is 9. The molecule has 0 amide bonds. The van der Waals surface area contributed by atoms with Gasteiger partial charge in [0.2, 0.25) is 0 Å². The van der Waals surface area contributed by atoms with Gasteiger partial charge in [0.15, 0.2) is 0 Å². The Morgan fingerprint density at radius 1 is 0.408 bits per heavy atom. The van der Waals surface area contributed by atoms with E-state index in [1.165, 1.54) is 50.1 Å². The third-order valence-corrected chi connectivity index (χ3v) is 11.3. The lowest BCUT2D eigenvalue weighted by Gasteiger charge is -2.32. The van der Waals surface area contributed by atoms with Crippen molar-refractivity contribution in [3.8, 4) is 22.3 Å². The summed E-state index contributed by atoms with van der Waals surface area (Å²) in [5.74, 6) is 0. The zero-order valence-electron chi connectivity index (χ0n) is 27.9. The average molecular weight is 630 g/mol. The summed E-state index contributed by atoms with van der Waals surface area (Å²) >= 11 is 0.